The number of pyridine rings is 1. The van der Waals surface area contributed by atoms with Gasteiger partial charge in [-0.25, -0.2) is 4.98 Å². The molecule has 0 amide bonds. The first-order valence-corrected chi connectivity index (χ1v) is 7.47. The van der Waals surface area contributed by atoms with E-state index in [-0.39, 0.29) is 10.2 Å². The number of aryl methyl sites for hydroxylation is 1. The summed E-state index contributed by atoms with van der Waals surface area (Å²) < 4.78 is 30.2. The van der Waals surface area contributed by atoms with Gasteiger partial charge in [-0.15, -0.1) is 0 Å². The monoisotopic (exact) mass is 311 g/mol. The molecule has 3 rings (SSSR count). The van der Waals surface area contributed by atoms with Crippen LogP contribution in [-0.4, -0.2) is 27.6 Å². The molecule has 0 unspecified atom stereocenters. The summed E-state index contributed by atoms with van der Waals surface area (Å²) >= 11 is 5.95. The van der Waals surface area contributed by atoms with Gasteiger partial charge in [0.25, 0.3) is 10.0 Å². The highest BCUT2D eigenvalue weighted by molar-refractivity contribution is 7.92. The number of hydrogen-bond donors (Lipinski definition) is 1. The van der Waals surface area contributed by atoms with Crippen LogP contribution in [0.3, 0.4) is 0 Å². The lowest BCUT2D eigenvalue weighted by Crippen LogP contribution is -2.15. The van der Waals surface area contributed by atoms with Crippen molar-refractivity contribution in [1.82, 2.24) is 19.2 Å². The van der Waals surface area contributed by atoms with Crippen LogP contribution >= 0.6 is 11.6 Å². The zero-order valence-corrected chi connectivity index (χ0v) is 11.9. The van der Waals surface area contributed by atoms with Gasteiger partial charge in [-0.05, 0) is 12.1 Å². The second-order valence-electron chi connectivity index (χ2n) is 4.14. The van der Waals surface area contributed by atoms with Crippen LogP contribution in [0.25, 0.3) is 5.65 Å². The summed E-state index contributed by atoms with van der Waals surface area (Å²) in [5, 5.41) is 3.73. The number of halogens is 1. The molecule has 0 saturated carbocycles. The molecule has 104 valence electrons. The minimum atomic E-state index is -3.85. The molecule has 0 aliphatic carbocycles. The summed E-state index contributed by atoms with van der Waals surface area (Å²) in [4.78, 5) is 4.01. The quantitative estimate of drug-likeness (QED) is 0.795. The molecule has 20 heavy (non-hydrogen) atoms. The summed E-state index contributed by atoms with van der Waals surface area (Å²) in [6, 6.07) is 5.13. The number of rotatable bonds is 3. The van der Waals surface area contributed by atoms with E-state index in [0.717, 1.165) is 0 Å². The topological polar surface area (TPSA) is 81.3 Å². The molecule has 0 aliphatic heterocycles. The van der Waals surface area contributed by atoms with Gasteiger partial charge in [0.15, 0.2) is 10.2 Å². The minimum Gasteiger partial charge on any atom is -0.288 e. The van der Waals surface area contributed by atoms with Crippen molar-refractivity contribution < 1.29 is 8.42 Å². The molecule has 0 atom stereocenters. The zero-order valence-electron chi connectivity index (χ0n) is 10.4. The Morgan fingerprint density at radius 3 is 2.85 bits per heavy atom. The molecule has 0 bridgehead atoms. The molecule has 9 heteroatoms. The predicted octanol–water partition coefficient (Wildman–Crippen LogP) is 1.52. The van der Waals surface area contributed by atoms with Gasteiger partial charge >= 0.3 is 0 Å². The Morgan fingerprint density at radius 2 is 2.15 bits per heavy atom. The van der Waals surface area contributed by atoms with Crippen molar-refractivity contribution in [2.75, 3.05) is 4.72 Å². The smallest absolute Gasteiger partial charge is 0.281 e. The van der Waals surface area contributed by atoms with Gasteiger partial charge in [-0.2, -0.15) is 13.5 Å². The Balaban J connectivity index is 2.11. The number of sulfonamides is 1. The van der Waals surface area contributed by atoms with Gasteiger partial charge in [0.1, 0.15) is 5.65 Å². The van der Waals surface area contributed by atoms with Crippen LogP contribution in [0.4, 0.5) is 5.69 Å². The Kier molecular flexibility index (Phi) is 2.91. The van der Waals surface area contributed by atoms with Gasteiger partial charge < -0.3 is 0 Å². The third-order valence-corrected chi connectivity index (χ3v) is 4.44. The first-order chi connectivity index (χ1) is 9.47. The fourth-order valence-electron chi connectivity index (χ4n) is 1.86. The number of fused-ring (bicyclic) bond motifs is 1. The molecule has 0 radical (unpaired) electrons. The lowest BCUT2D eigenvalue weighted by molar-refractivity contribution is 0.596. The first kappa shape index (κ1) is 12.9. The fourth-order valence-corrected chi connectivity index (χ4v) is 3.54. The molecule has 7 nitrogen and oxygen atoms in total. The number of hydrogen-bond acceptors (Lipinski definition) is 4. The third kappa shape index (κ3) is 2.12. The van der Waals surface area contributed by atoms with Crippen molar-refractivity contribution in [2.24, 2.45) is 7.05 Å². The fraction of sp³-hybridized carbons (Fsp3) is 0.0909. The summed E-state index contributed by atoms with van der Waals surface area (Å²) in [6.45, 7) is 0. The van der Waals surface area contributed by atoms with E-state index in [9.17, 15) is 8.42 Å². The van der Waals surface area contributed by atoms with E-state index in [4.69, 9.17) is 11.6 Å². The molecule has 0 aromatic carbocycles. The highest BCUT2D eigenvalue weighted by atomic mass is 35.5. The van der Waals surface area contributed by atoms with E-state index in [1.807, 2.05) is 0 Å². The van der Waals surface area contributed by atoms with Crippen LogP contribution in [-0.2, 0) is 17.1 Å². The van der Waals surface area contributed by atoms with Crippen molar-refractivity contribution in [3.8, 4) is 0 Å². The zero-order chi connectivity index (χ0) is 14.3. The molecule has 1 N–H and O–H groups in total. The van der Waals surface area contributed by atoms with Gasteiger partial charge in [-0.1, -0.05) is 17.7 Å². The SMILES string of the molecule is Cn1cc(NS(=O)(=O)c2c(Cl)nc3ccccn23)cn1. The summed E-state index contributed by atoms with van der Waals surface area (Å²) in [5.74, 6) is 0. The number of nitrogens with one attached hydrogen (secondary N) is 1. The number of nitrogens with zero attached hydrogens (tertiary/aromatic N) is 4. The van der Waals surface area contributed by atoms with E-state index in [2.05, 4.69) is 14.8 Å². The lowest BCUT2D eigenvalue weighted by Gasteiger charge is -2.05. The average Bonchev–Trinajstić information content (AvgIpc) is 2.91. The lowest BCUT2D eigenvalue weighted by atomic mass is 10.5. The highest BCUT2D eigenvalue weighted by Crippen LogP contribution is 2.24. The minimum absolute atomic E-state index is 0.0763. The van der Waals surface area contributed by atoms with Crippen LogP contribution in [0, 0.1) is 0 Å². The van der Waals surface area contributed by atoms with E-state index >= 15 is 0 Å². The van der Waals surface area contributed by atoms with E-state index in [0.29, 0.717) is 11.3 Å². The normalized spacial score (nSPS) is 11.9. The van der Waals surface area contributed by atoms with Crippen LogP contribution < -0.4 is 4.72 Å². The Hall–Kier alpha value is -2.06. The summed E-state index contributed by atoms with van der Waals surface area (Å²) in [5.41, 5.74) is 0.818. The van der Waals surface area contributed by atoms with Gasteiger partial charge in [0, 0.05) is 19.4 Å². The Labute approximate surface area is 119 Å². The van der Waals surface area contributed by atoms with Gasteiger partial charge in [-0.3, -0.25) is 13.8 Å². The number of anilines is 1. The molecule has 0 saturated heterocycles. The van der Waals surface area contributed by atoms with Gasteiger partial charge in [0.2, 0.25) is 0 Å². The van der Waals surface area contributed by atoms with Crippen LogP contribution in [0.2, 0.25) is 5.15 Å². The molecule has 3 aromatic rings. The van der Waals surface area contributed by atoms with Crippen molar-refractivity contribution in [2.45, 2.75) is 5.03 Å². The third-order valence-electron chi connectivity index (χ3n) is 2.66. The maximum atomic E-state index is 12.4. The highest BCUT2D eigenvalue weighted by Gasteiger charge is 2.24. The maximum Gasteiger partial charge on any atom is 0.281 e. The second kappa shape index (κ2) is 4.50. The molecule has 3 heterocycles. The summed E-state index contributed by atoms with van der Waals surface area (Å²) in [7, 11) is -2.16. The predicted molar refractivity (Wildman–Crippen MR) is 74.2 cm³/mol. The average molecular weight is 312 g/mol. The molecule has 0 aliphatic rings. The Morgan fingerprint density at radius 1 is 1.35 bits per heavy atom. The van der Waals surface area contributed by atoms with Crippen LogP contribution in [0.5, 0.6) is 0 Å². The first-order valence-electron chi connectivity index (χ1n) is 5.61. The van der Waals surface area contributed by atoms with Crippen molar-refractivity contribution in [3.63, 3.8) is 0 Å². The van der Waals surface area contributed by atoms with Crippen LogP contribution in [0.15, 0.2) is 41.8 Å². The van der Waals surface area contributed by atoms with E-state index in [1.165, 1.54) is 15.3 Å². The van der Waals surface area contributed by atoms with Crippen molar-refractivity contribution in [3.05, 3.63) is 41.9 Å². The molecular formula is C11H10ClN5O2S. The molecule has 3 aromatic heterocycles. The van der Waals surface area contributed by atoms with Gasteiger partial charge in [0.05, 0.1) is 11.9 Å². The largest absolute Gasteiger partial charge is 0.288 e. The summed E-state index contributed by atoms with van der Waals surface area (Å²) in [6.07, 6.45) is 4.55. The van der Waals surface area contributed by atoms with Crippen molar-refractivity contribution >= 4 is 33.0 Å². The van der Waals surface area contributed by atoms with Crippen LogP contribution in [0.1, 0.15) is 0 Å². The molecule has 0 fully saturated rings. The van der Waals surface area contributed by atoms with E-state index < -0.39 is 10.0 Å². The standard InChI is InChI=1S/C11H10ClN5O2S/c1-16-7-8(6-13-16)15-20(18,19)11-10(12)14-9-4-2-3-5-17(9)11/h2-7,15H,1H3. The van der Waals surface area contributed by atoms with E-state index in [1.54, 1.807) is 37.6 Å². The molecule has 0 spiro atoms. The Bertz CT molecular complexity index is 883. The number of aromatic nitrogens is 4. The number of imidazole rings is 1. The maximum absolute atomic E-state index is 12.4. The van der Waals surface area contributed by atoms with Crippen molar-refractivity contribution in [1.29, 1.82) is 0 Å². The second-order valence-corrected chi connectivity index (χ2v) is 6.10. The molecular weight excluding hydrogens is 302 g/mol.